The van der Waals surface area contributed by atoms with Gasteiger partial charge in [0.2, 0.25) is 0 Å². The first kappa shape index (κ1) is 12.1. The van der Waals surface area contributed by atoms with Gasteiger partial charge in [0.1, 0.15) is 0 Å². The molecule has 1 saturated carbocycles. The SMILES string of the molecule is CC1CCC(CN)(CCc2ccsc2)CC1. The van der Waals surface area contributed by atoms with Crippen LogP contribution in [0.1, 0.15) is 44.6 Å². The van der Waals surface area contributed by atoms with Crippen LogP contribution in [-0.2, 0) is 6.42 Å². The van der Waals surface area contributed by atoms with E-state index in [-0.39, 0.29) is 0 Å². The molecule has 0 unspecified atom stereocenters. The third-order valence-corrected chi connectivity index (χ3v) is 5.02. The highest BCUT2D eigenvalue weighted by Gasteiger charge is 2.32. The van der Waals surface area contributed by atoms with Crippen LogP contribution in [-0.4, -0.2) is 6.54 Å². The van der Waals surface area contributed by atoms with Crippen LogP contribution in [0.15, 0.2) is 16.8 Å². The van der Waals surface area contributed by atoms with Crippen LogP contribution in [0.3, 0.4) is 0 Å². The Labute approximate surface area is 103 Å². The fourth-order valence-corrected chi connectivity index (χ4v) is 3.48. The predicted molar refractivity (Wildman–Crippen MR) is 71.8 cm³/mol. The Kier molecular flexibility index (Phi) is 4.04. The van der Waals surface area contributed by atoms with Crippen LogP contribution < -0.4 is 5.73 Å². The van der Waals surface area contributed by atoms with E-state index in [1.54, 1.807) is 11.3 Å². The second kappa shape index (κ2) is 5.33. The average molecular weight is 237 g/mol. The summed E-state index contributed by atoms with van der Waals surface area (Å²) in [4.78, 5) is 0. The van der Waals surface area contributed by atoms with Gasteiger partial charge in [-0.2, -0.15) is 11.3 Å². The summed E-state index contributed by atoms with van der Waals surface area (Å²) >= 11 is 1.80. The molecule has 0 radical (unpaired) electrons. The van der Waals surface area contributed by atoms with Crippen molar-refractivity contribution in [3.8, 4) is 0 Å². The minimum absolute atomic E-state index is 0.453. The topological polar surface area (TPSA) is 26.0 Å². The van der Waals surface area contributed by atoms with E-state index in [9.17, 15) is 0 Å². The van der Waals surface area contributed by atoms with E-state index in [4.69, 9.17) is 5.73 Å². The highest BCUT2D eigenvalue weighted by Crippen LogP contribution is 2.41. The molecule has 0 amide bonds. The van der Waals surface area contributed by atoms with Crippen molar-refractivity contribution in [2.45, 2.75) is 45.4 Å². The van der Waals surface area contributed by atoms with E-state index < -0.39 is 0 Å². The largest absolute Gasteiger partial charge is 0.330 e. The zero-order chi connectivity index (χ0) is 11.4. The molecular weight excluding hydrogens is 214 g/mol. The lowest BCUT2D eigenvalue weighted by atomic mass is 9.68. The highest BCUT2D eigenvalue weighted by molar-refractivity contribution is 7.07. The van der Waals surface area contributed by atoms with Crippen LogP contribution in [0.5, 0.6) is 0 Å². The standard InChI is InChI=1S/C14H23NS/c1-12-2-6-14(11-15,7-3-12)8-4-13-5-9-16-10-13/h5,9-10,12H,2-4,6-8,11,15H2,1H3. The van der Waals surface area contributed by atoms with Crippen LogP contribution in [0.2, 0.25) is 0 Å². The molecule has 2 rings (SSSR count). The lowest BCUT2D eigenvalue weighted by Gasteiger charge is -2.38. The van der Waals surface area contributed by atoms with Gasteiger partial charge >= 0.3 is 0 Å². The third kappa shape index (κ3) is 2.86. The molecule has 0 aromatic carbocycles. The summed E-state index contributed by atoms with van der Waals surface area (Å²) in [5, 5.41) is 4.45. The number of rotatable bonds is 4. The fourth-order valence-electron chi connectivity index (χ4n) is 2.78. The van der Waals surface area contributed by atoms with E-state index in [0.29, 0.717) is 5.41 Å². The molecule has 0 saturated heterocycles. The summed E-state index contributed by atoms with van der Waals surface area (Å²) in [5.74, 6) is 0.917. The maximum Gasteiger partial charge on any atom is -0.00204 e. The number of nitrogens with two attached hydrogens (primary N) is 1. The lowest BCUT2D eigenvalue weighted by Crippen LogP contribution is -2.35. The molecule has 0 aliphatic heterocycles. The number of hydrogen-bond acceptors (Lipinski definition) is 2. The highest BCUT2D eigenvalue weighted by atomic mass is 32.1. The molecule has 1 aliphatic rings. The molecule has 1 aromatic heterocycles. The molecule has 2 N–H and O–H groups in total. The molecule has 1 aromatic rings. The van der Waals surface area contributed by atoms with E-state index in [2.05, 4.69) is 23.8 Å². The second-order valence-electron chi connectivity index (χ2n) is 5.52. The van der Waals surface area contributed by atoms with Gasteiger partial charge in [-0.05, 0) is 66.0 Å². The third-order valence-electron chi connectivity index (χ3n) is 4.29. The van der Waals surface area contributed by atoms with Crippen molar-refractivity contribution in [2.75, 3.05) is 6.54 Å². The zero-order valence-electron chi connectivity index (χ0n) is 10.2. The van der Waals surface area contributed by atoms with Gasteiger partial charge in [0, 0.05) is 0 Å². The van der Waals surface area contributed by atoms with Crippen LogP contribution in [0.4, 0.5) is 0 Å². The maximum atomic E-state index is 6.03. The summed E-state index contributed by atoms with van der Waals surface area (Å²) in [7, 11) is 0. The number of thiophene rings is 1. The number of hydrogen-bond donors (Lipinski definition) is 1. The maximum absolute atomic E-state index is 6.03. The van der Waals surface area contributed by atoms with Gasteiger partial charge in [-0.3, -0.25) is 0 Å². The molecule has 0 bridgehead atoms. The van der Waals surface area contributed by atoms with Crippen molar-refractivity contribution < 1.29 is 0 Å². The quantitative estimate of drug-likeness (QED) is 0.846. The van der Waals surface area contributed by atoms with Crippen LogP contribution in [0, 0.1) is 11.3 Å². The predicted octanol–water partition coefficient (Wildman–Crippen LogP) is 3.84. The molecule has 0 atom stereocenters. The summed E-state index contributed by atoms with van der Waals surface area (Å²) in [6.45, 7) is 3.25. The van der Waals surface area contributed by atoms with E-state index in [1.165, 1.54) is 44.1 Å². The molecule has 1 heterocycles. The molecule has 90 valence electrons. The van der Waals surface area contributed by atoms with Gasteiger partial charge in [-0.15, -0.1) is 0 Å². The number of aryl methyl sites for hydroxylation is 1. The van der Waals surface area contributed by atoms with E-state index in [1.807, 2.05) is 0 Å². The Morgan fingerprint density at radius 3 is 2.75 bits per heavy atom. The Morgan fingerprint density at radius 2 is 2.19 bits per heavy atom. The Balaban J connectivity index is 1.89. The fraction of sp³-hybridized carbons (Fsp3) is 0.714. The summed E-state index contributed by atoms with van der Waals surface area (Å²) in [6, 6.07) is 2.25. The van der Waals surface area contributed by atoms with Gasteiger partial charge in [-0.1, -0.05) is 19.8 Å². The second-order valence-corrected chi connectivity index (χ2v) is 6.30. The molecule has 1 fully saturated rings. The molecule has 1 nitrogen and oxygen atoms in total. The molecule has 1 aliphatic carbocycles. The van der Waals surface area contributed by atoms with Gasteiger partial charge in [0.15, 0.2) is 0 Å². The molecular formula is C14H23NS. The van der Waals surface area contributed by atoms with Crippen molar-refractivity contribution in [3.63, 3.8) is 0 Å². The summed E-state index contributed by atoms with van der Waals surface area (Å²) in [6.07, 6.45) is 7.94. The summed E-state index contributed by atoms with van der Waals surface area (Å²) < 4.78 is 0. The zero-order valence-corrected chi connectivity index (χ0v) is 11.1. The molecule has 0 spiro atoms. The van der Waals surface area contributed by atoms with Crippen LogP contribution in [0.25, 0.3) is 0 Å². The monoisotopic (exact) mass is 237 g/mol. The first-order valence-corrected chi connectivity index (χ1v) is 7.39. The molecule has 2 heteroatoms. The normalized spacial score (nSPS) is 30.5. The van der Waals surface area contributed by atoms with Crippen molar-refractivity contribution in [1.29, 1.82) is 0 Å². The van der Waals surface area contributed by atoms with Crippen molar-refractivity contribution in [2.24, 2.45) is 17.1 Å². The van der Waals surface area contributed by atoms with Gasteiger partial charge in [0.25, 0.3) is 0 Å². The van der Waals surface area contributed by atoms with E-state index >= 15 is 0 Å². The minimum atomic E-state index is 0.453. The smallest absolute Gasteiger partial charge is 0.00204 e. The van der Waals surface area contributed by atoms with Gasteiger partial charge in [-0.25, -0.2) is 0 Å². The Hall–Kier alpha value is -0.340. The van der Waals surface area contributed by atoms with E-state index in [0.717, 1.165) is 12.5 Å². The first-order chi connectivity index (χ1) is 7.74. The molecule has 16 heavy (non-hydrogen) atoms. The lowest BCUT2D eigenvalue weighted by molar-refractivity contribution is 0.151. The van der Waals surface area contributed by atoms with Crippen molar-refractivity contribution in [3.05, 3.63) is 22.4 Å². The van der Waals surface area contributed by atoms with Crippen molar-refractivity contribution >= 4 is 11.3 Å². The average Bonchev–Trinajstić information content (AvgIpc) is 2.82. The Morgan fingerprint density at radius 1 is 1.44 bits per heavy atom. The first-order valence-electron chi connectivity index (χ1n) is 6.45. The van der Waals surface area contributed by atoms with Crippen LogP contribution >= 0.6 is 11.3 Å². The van der Waals surface area contributed by atoms with Crippen molar-refractivity contribution in [1.82, 2.24) is 0 Å². The van der Waals surface area contributed by atoms with Gasteiger partial charge in [0.05, 0.1) is 0 Å². The van der Waals surface area contributed by atoms with Gasteiger partial charge < -0.3 is 5.73 Å². The summed E-state index contributed by atoms with van der Waals surface area (Å²) in [5.41, 5.74) is 7.98. The Bertz CT molecular complexity index is 297. The minimum Gasteiger partial charge on any atom is -0.330 e.